The van der Waals surface area contributed by atoms with Gasteiger partial charge < -0.3 is 10.0 Å². The van der Waals surface area contributed by atoms with E-state index >= 15 is 0 Å². The Bertz CT molecular complexity index is 673. The maximum Gasteiger partial charge on any atom is 0.335 e. The minimum absolute atomic E-state index is 0.0112. The number of carbonyl (C=O) groups is 2. The molecule has 2 rings (SSSR count). The van der Waals surface area contributed by atoms with Crippen molar-refractivity contribution < 1.29 is 14.7 Å². The highest BCUT2D eigenvalue weighted by Crippen LogP contribution is 2.25. The fraction of sp³-hybridized carbons (Fsp3) is 0.222. The van der Waals surface area contributed by atoms with Crippen molar-refractivity contribution in [2.45, 2.75) is 13.8 Å². The average molecular weight is 297 g/mol. The van der Waals surface area contributed by atoms with Crippen LogP contribution in [0.1, 0.15) is 34.6 Å². The van der Waals surface area contributed by atoms with Crippen LogP contribution in [-0.4, -0.2) is 35.0 Å². The Balaban J connectivity index is 2.44. The smallest absolute Gasteiger partial charge is 0.335 e. The minimum Gasteiger partial charge on any atom is -0.478 e. The second-order valence-corrected chi connectivity index (χ2v) is 4.91. The molecule has 0 saturated heterocycles. The van der Waals surface area contributed by atoms with Gasteiger partial charge in [-0.15, -0.1) is 0 Å². The van der Waals surface area contributed by atoms with Gasteiger partial charge in [0.2, 0.25) is 0 Å². The van der Waals surface area contributed by atoms with Gasteiger partial charge in [0.05, 0.1) is 5.56 Å². The number of carboxylic acid groups (broad SMARTS) is 1. The number of benzene rings is 2. The van der Waals surface area contributed by atoms with Crippen molar-refractivity contribution in [3.8, 4) is 11.1 Å². The first-order chi connectivity index (χ1) is 10.6. The van der Waals surface area contributed by atoms with E-state index in [0.717, 1.165) is 11.1 Å². The molecule has 114 valence electrons. The molecule has 1 amide bonds. The molecule has 0 aliphatic rings. The van der Waals surface area contributed by atoms with E-state index in [2.05, 4.69) is 0 Å². The molecule has 0 heterocycles. The van der Waals surface area contributed by atoms with Gasteiger partial charge >= 0.3 is 5.97 Å². The van der Waals surface area contributed by atoms with E-state index in [1.165, 1.54) is 0 Å². The molecule has 0 atom stereocenters. The summed E-state index contributed by atoms with van der Waals surface area (Å²) in [5.74, 6) is -0.970. The van der Waals surface area contributed by atoms with Crippen LogP contribution in [0.25, 0.3) is 11.1 Å². The Morgan fingerprint density at radius 3 is 2.09 bits per heavy atom. The molecule has 0 spiro atoms. The van der Waals surface area contributed by atoms with Gasteiger partial charge in [0.15, 0.2) is 0 Å². The van der Waals surface area contributed by atoms with Gasteiger partial charge in [-0.25, -0.2) is 4.79 Å². The molecule has 2 aromatic carbocycles. The first kappa shape index (κ1) is 15.8. The lowest BCUT2D eigenvalue weighted by atomic mass is 9.98. The zero-order valence-corrected chi connectivity index (χ0v) is 12.7. The lowest BCUT2D eigenvalue weighted by Gasteiger charge is -2.20. The predicted molar refractivity (Wildman–Crippen MR) is 86.1 cm³/mol. The maximum absolute atomic E-state index is 12.6. The molecule has 0 radical (unpaired) electrons. The van der Waals surface area contributed by atoms with E-state index in [0.29, 0.717) is 18.7 Å². The predicted octanol–water partition coefficient (Wildman–Crippen LogP) is 3.53. The largest absolute Gasteiger partial charge is 0.478 e. The quantitative estimate of drug-likeness (QED) is 0.918. The van der Waals surface area contributed by atoms with Crippen molar-refractivity contribution in [2.75, 3.05) is 13.1 Å². The van der Waals surface area contributed by atoms with E-state index in [1.54, 1.807) is 35.2 Å². The van der Waals surface area contributed by atoms with Gasteiger partial charge in [0.25, 0.3) is 5.91 Å². The molecule has 4 heteroatoms. The molecule has 1 N–H and O–H groups in total. The van der Waals surface area contributed by atoms with Gasteiger partial charge in [-0.3, -0.25) is 4.79 Å². The number of nitrogens with zero attached hydrogens (tertiary/aromatic N) is 1. The van der Waals surface area contributed by atoms with Crippen LogP contribution < -0.4 is 0 Å². The van der Waals surface area contributed by atoms with Gasteiger partial charge in [-0.05, 0) is 43.2 Å². The highest BCUT2D eigenvalue weighted by Gasteiger charge is 2.17. The third kappa shape index (κ3) is 3.17. The lowest BCUT2D eigenvalue weighted by molar-refractivity contribution is 0.0695. The van der Waals surface area contributed by atoms with Crippen molar-refractivity contribution in [2.24, 2.45) is 0 Å². The molecular formula is C18H19NO3. The Labute approximate surface area is 130 Å². The minimum atomic E-state index is -0.959. The molecule has 0 aromatic heterocycles. The Morgan fingerprint density at radius 2 is 1.55 bits per heavy atom. The molecule has 0 bridgehead atoms. The van der Waals surface area contributed by atoms with E-state index < -0.39 is 5.97 Å². The number of carbonyl (C=O) groups excluding carboxylic acids is 1. The number of rotatable bonds is 5. The Kier molecular flexibility index (Phi) is 4.94. The SMILES string of the molecule is CCN(CC)C(=O)c1ccccc1-c1ccc(C(=O)O)cc1. The standard InChI is InChI=1S/C18H19NO3/c1-3-19(4-2)17(20)16-8-6-5-7-15(16)13-9-11-14(12-10-13)18(21)22/h5-12H,3-4H2,1-2H3,(H,21,22). The first-order valence-corrected chi connectivity index (χ1v) is 7.30. The first-order valence-electron chi connectivity index (χ1n) is 7.30. The van der Waals surface area contributed by atoms with Crippen LogP contribution in [-0.2, 0) is 0 Å². The summed E-state index contributed by atoms with van der Waals surface area (Å²) < 4.78 is 0. The summed E-state index contributed by atoms with van der Waals surface area (Å²) in [5.41, 5.74) is 2.52. The van der Waals surface area contributed by atoms with Crippen molar-refractivity contribution >= 4 is 11.9 Å². The summed E-state index contributed by atoms with van der Waals surface area (Å²) in [6.45, 7) is 5.21. The third-order valence-electron chi connectivity index (χ3n) is 3.65. The molecule has 0 saturated carbocycles. The normalized spacial score (nSPS) is 10.3. The Hall–Kier alpha value is -2.62. The number of hydrogen-bond donors (Lipinski definition) is 1. The van der Waals surface area contributed by atoms with E-state index in [1.807, 2.05) is 32.0 Å². The topological polar surface area (TPSA) is 57.6 Å². The van der Waals surface area contributed by atoms with Crippen LogP contribution in [0.2, 0.25) is 0 Å². The summed E-state index contributed by atoms with van der Waals surface area (Å²) in [5, 5.41) is 8.96. The summed E-state index contributed by atoms with van der Waals surface area (Å²) in [4.78, 5) is 25.3. The molecule has 0 unspecified atom stereocenters. The highest BCUT2D eigenvalue weighted by molar-refractivity contribution is 6.01. The van der Waals surface area contributed by atoms with Crippen LogP contribution in [0.15, 0.2) is 48.5 Å². The zero-order valence-electron chi connectivity index (χ0n) is 12.7. The third-order valence-corrected chi connectivity index (χ3v) is 3.65. The zero-order chi connectivity index (χ0) is 16.1. The van der Waals surface area contributed by atoms with Gasteiger partial charge in [-0.1, -0.05) is 30.3 Å². The van der Waals surface area contributed by atoms with Crippen molar-refractivity contribution in [3.63, 3.8) is 0 Å². The Morgan fingerprint density at radius 1 is 0.955 bits per heavy atom. The summed E-state index contributed by atoms with van der Waals surface area (Å²) in [7, 11) is 0. The fourth-order valence-corrected chi connectivity index (χ4v) is 2.39. The fourth-order valence-electron chi connectivity index (χ4n) is 2.39. The van der Waals surface area contributed by atoms with Crippen LogP contribution >= 0.6 is 0 Å². The summed E-state index contributed by atoms with van der Waals surface area (Å²) >= 11 is 0. The van der Waals surface area contributed by atoms with E-state index in [9.17, 15) is 9.59 Å². The summed E-state index contributed by atoms with van der Waals surface area (Å²) in [6.07, 6.45) is 0. The molecule has 0 aliphatic carbocycles. The second kappa shape index (κ2) is 6.89. The van der Waals surface area contributed by atoms with Crippen molar-refractivity contribution in [3.05, 3.63) is 59.7 Å². The lowest BCUT2D eigenvalue weighted by Crippen LogP contribution is -2.30. The van der Waals surface area contributed by atoms with E-state index in [4.69, 9.17) is 5.11 Å². The number of aromatic carboxylic acids is 1. The molecule has 0 aliphatic heterocycles. The van der Waals surface area contributed by atoms with Crippen molar-refractivity contribution in [1.29, 1.82) is 0 Å². The molecule has 0 fully saturated rings. The van der Waals surface area contributed by atoms with Crippen molar-refractivity contribution in [1.82, 2.24) is 4.90 Å². The monoisotopic (exact) mass is 297 g/mol. The molecule has 22 heavy (non-hydrogen) atoms. The molecule has 2 aromatic rings. The number of hydrogen-bond acceptors (Lipinski definition) is 2. The highest BCUT2D eigenvalue weighted by atomic mass is 16.4. The molecule has 4 nitrogen and oxygen atoms in total. The van der Waals surface area contributed by atoms with Gasteiger partial charge in [0, 0.05) is 18.7 Å². The van der Waals surface area contributed by atoms with Crippen LogP contribution in [0.5, 0.6) is 0 Å². The maximum atomic E-state index is 12.6. The van der Waals surface area contributed by atoms with Crippen LogP contribution in [0, 0.1) is 0 Å². The summed E-state index contributed by atoms with van der Waals surface area (Å²) in [6, 6.07) is 14.0. The van der Waals surface area contributed by atoms with Crippen LogP contribution in [0.3, 0.4) is 0 Å². The van der Waals surface area contributed by atoms with Gasteiger partial charge in [-0.2, -0.15) is 0 Å². The number of amides is 1. The number of carboxylic acids is 1. The second-order valence-electron chi connectivity index (χ2n) is 4.91. The van der Waals surface area contributed by atoms with E-state index in [-0.39, 0.29) is 11.5 Å². The molecular weight excluding hydrogens is 278 g/mol. The van der Waals surface area contributed by atoms with Crippen LogP contribution in [0.4, 0.5) is 0 Å². The average Bonchev–Trinajstić information content (AvgIpc) is 2.56. The van der Waals surface area contributed by atoms with Gasteiger partial charge in [0.1, 0.15) is 0 Å².